The Morgan fingerprint density at radius 2 is 2.31 bits per heavy atom. The maximum Gasteiger partial charge on any atom is 0.193 e. The van der Waals surface area contributed by atoms with Gasteiger partial charge in [0, 0.05) is 12.2 Å². The molecule has 0 unspecified atom stereocenters. The molecule has 88 valence electrons. The van der Waals surface area contributed by atoms with Crippen LogP contribution in [-0.4, -0.2) is 19.6 Å². The van der Waals surface area contributed by atoms with Gasteiger partial charge < -0.3 is 15.8 Å². The van der Waals surface area contributed by atoms with Gasteiger partial charge in [0.1, 0.15) is 5.75 Å². The van der Waals surface area contributed by atoms with Gasteiger partial charge in [-0.05, 0) is 24.6 Å². The maximum atomic E-state index is 5.97. The number of nitrogens with one attached hydrogen (secondary N) is 1. The van der Waals surface area contributed by atoms with Crippen molar-refractivity contribution in [2.75, 3.05) is 19.0 Å². The van der Waals surface area contributed by atoms with Crippen molar-refractivity contribution in [3.05, 3.63) is 23.2 Å². The number of ether oxygens (including phenoxy) is 1. The summed E-state index contributed by atoms with van der Waals surface area (Å²) < 4.78 is 5.05. The van der Waals surface area contributed by atoms with Gasteiger partial charge in [-0.25, -0.2) is 0 Å². The highest BCUT2D eigenvalue weighted by molar-refractivity contribution is 6.32. The number of benzene rings is 1. The van der Waals surface area contributed by atoms with Crippen LogP contribution in [0.15, 0.2) is 23.2 Å². The molecule has 1 rings (SSSR count). The SMILES string of the molecule is CCCN=C(N)Nc1ccc(OC)c(Cl)c1. The van der Waals surface area contributed by atoms with E-state index in [1.807, 2.05) is 13.0 Å². The number of nitrogens with zero attached hydrogens (tertiary/aromatic N) is 1. The van der Waals surface area contributed by atoms with E-state index < -0.39 is 0 Å². The highest BCUT2D eigenvalue weighted by Crippen LogP contribution is 2.26. The second-order valence-electron chi connectivity index (χ2n) is 3.24. The molecule has 0 saturated heterocycles. The van der Waals surface area contributed by atoms with Crippen molar-refractivity contribution < 1.29 is 4.74 Å². The van der Waals surface area contributed by atoms with Gasteiger partial charge in [0.25, 0.3) is 0 Å². The van der Waals surface area contributed by atoms with Crippen molar-refractivity contribution >= 4 is 23.2 Å². The highest BCUT2D eigenvalue weighted by atomic mass is 35.5. The largest absolute Gasteiger partial charge is 0.495 e. The molecule has 0 spiro atoms. The van der Waals surface area contributed by atoms with Gasteiger partial charge in [-0.15, -0.1) is 0 Å². The number of methoxy groups -OCH3 is 1. The summed E-state index contributed by atoms with van der Waals surface area (Å²) in [5.74, 6) is 1.03. The molecule has 0 amide bonds. The number of aliphatic imine (C=N–C) groups is 1. The summed E-state index contributed by atoms with van der Waals surface area (Å²) in [6.45, 7) is 2.75. The molecule has 1 aromatic rings. The topological polar surface area (TPSA) is 59.6 Å². The van der Waals surface area contributed by atoms with Crippen molar-refractivity contribution in [1.82, 2.24) is 0 Å². The number of hydrogen-bond donors (Lipinski definition) is 2. The summed E-state index contributed by atoms with van der Waals surface area (Å²) in [4.78, 5) is 4.12. The van der Waals surface area contributed by atoms with Crippen LogP contribution in [0.1, 0.15) is 13.3 Å². The Morgan fingerprint density at radius 1 is 1.56 bits per heavy atom. The van der Waals surface area contributed by atoms with E-state index in [0.717, 1.165) is 12.1 Å². The van der Waals surface area contributed by atoms with Gasteiger partial charge >= 0.3 is 0 Å². The van der Waals surface area contributed by atoms with Gasteiger partial charge in [0.2, 0.25) is 0 Å². The minimum atomic E-state index is 0.392. The number of anilines is 1. The van der Waals surface area contributed by atoms with Crippen LogP contribution >= 0.6 is 11.6 Å². The van der Waals surface area contributed by atoms with Gasteiger partial charge in [0.05, 0.1) is 12.1 Å². The minimum Gasteiger partial charge on any atom is -0.495 e. The van der Waals surface area contributed by atoms with Gasteiger partial charge in [-0.2, -0.15) is 0 Å². The van der Waals surface area contributed by atoms with Crippen LogP contribution in [0.2, 0.25) is 5.02 Å². The lowest BCUT2D eigenvalue weighted by Crippen LogP contribution is -2.22. The van der Waals surface area contributed by atoms with Crippen molar-refractivity contribution in [2.45, 2.75) is 13.3 Å². The third-order valence-corrected chi connectivity index (χ3v) is 2.23. The zero-order valence-electron chi connectivity index (χ0n) is 9.46. The third-order valence-electron chi connectivity index (χ3n) is 1.93. The Labute approximate surface area is 100 Å². The molecule has 0 radical (unpaired) electrons. The molecule has 1 aromatic carbocycles. The Balaban J connectivity index is 2.71. The van der Waals surface area contributed by atoms with Crippen LogP contribution in [0.3, 0.4) is 0 Å². The zero-order valence-corrected chi connectivity index (χ0v) is 10.2. The molecule has 5 heteroatoms. The lowest BCUT2D eigenvalue weighted by atomic mass is 10.3. The molecule has 0 saturated carbocycles. The fourth-order valence-corrected chi connectivity index (χ4v) is 1.42. The van der Waals surface area contributed by atoms with E-state index in [1.54, 1.807) is 19.2 Å². The molecule has 0 aliphatic rings. The Morgan fingerprint density at radius 3 is 2.88 bits per heavy atom. The van der Waals surface area contributed by atoms with E-state index >= 15 is 0 Å². The first-order valence-corrected chi connectivity index (χ1v) is 5.45. The molecule has 0 aliphatic carbocycles. The fraction of sp³-hybridized carbons (Fsp3) is 0.364. The molecule has 0 aromatic heterocycles. The molecular weight excluding hydrogens is 226 g/mol. The van der Waals surface area contributed by atoms with Crippen molar-refractivity contribution in [3.8, 4) is 5.75 Å². The van der Waals surface area contributed by atoms with Crippen LogP contribution in [0.5, 0.6) is 5.75 Å². The normalized spacial score (nSPS) is 11.3. The average Bonchev–Trinajstić information content (AvgIpc) is 2.26. The van der Waals surface area contributed by atoms with Gasteiger partial charge in [0.15, 0.2) is 5.96 Å². The zero-order chi connectivity index (χ0) is 12.0. The van der Waals surface area contributed by atoms with Crippen molar-refractivity contribution in [2.24, 2.45) is 10.7 Å². The standard InChI is InChI=1S/C11H16ClN3O/c1-3-6-14-11(13)15-8-4-5-10(16-2)9(12)7-8/h4-5,7H,3,6H2,1-2H3,(H3,13,14,15). The minimum absolute atomic E-state index is 0.392. The van der Waals surface area contributed by atoms with E-state index in [2.05, 4.69) is 10.3 Å². The smallest absolute Gasteiger partial charge is 0.193 e. The summed E-state index contributed by atoms with van der Waals surface area (Å²) in [5, 5.41) is 3.49. The second kappa shape index (κ2) is 6.23. The lowest BCUT2D eigenvalue weighted by Gasteiger charge is -2.08. The number of nitrogens with two attached hydrogens (primary N) is 1. The van der Waals surface area contributed by atoms with Crippen molar-refractivity contribution in [1.29, 1.82) is 0 Å². The average molecular weight is 242 g/mol. The van der Waals surface area contributed by atoms with Crippen LogP contribution in [0.25, 0.3) is 0 Å². The first-order chi connectivity index (χ1) is 7.67. The van der Waals surface area contributed by atoms with E-state index in [0.29, 0.717) is 23.3 Å². The maximum absolute atomic E-state index is 5.97. The molecule has 16 heavy (non-hydrogen) atoms. The van der Waals surface area contributed by atoms with E-state index in [1.165, 1.54) is 0 Å². The predicted molar refractivity (Wildman–Crippen MR) is 68.4 cm³/mol. The van der Waals surface area contributed by atoms with Crippen LogP contribution < -0.4 is 15.8 Å². The van der Waals surface area contributed by atoms with Gasteiger partial charge in [-0.3, -0.25) is 4.99 Å². The monoisotopic (exact) mass is 241 g/mol. The Kier molecular flexibility index (Phi) is 4.92. The summed E-state index contributed by atoms with van der Waals surface area (Å²) in [5.41, 5.74) is 6.47. The van der Waals surface area contributed by atoms with Crippen LogP contribution in [-0.2, 0) is 0 Å². The summed E-state index contributed by atoms with van der Waals surface area (Å²) in [6, 6.07) is 5.35. The molecular formula is C11H16ClN3O. The first-order valence-electron chi connectivity index (χ1n) is 5.08. The summed E-state index contributed by atoms with van der Waals surface area (Å²) in [6.07, 6.45) is 0.964. The first kappa shape index (κ1) is 12.6. The summed E-state index contributed by atoms with van der Waals surface area (Å²) in [7, 11) is 1.57. The van der Waals surface area contributed by atoms with E-state index in [4.69, 9.17) is 22.1 Å². The summed E-state index contributed by atoms with van der Waals surface area (Å²) >= 11 is 5.97. The molecule has 4 nitrogen and oxygen atoms in total. The quantitative estimate of drug-likeness (QED) is 0.629. The molecule has 0 fully saturated rings. The van der Waals surface area contributed by atoms with Crippen LogP contribution in [0, 0.1) is 0 Å². The number of hydrogen-bond acceptors (Lipinski definition) is 2. The van der Waals surface area contributed by atoms with E-state index in [9.17, 15) is 0 Å². The Hall–Kier alpha value is -1.42. The number of guanidine groups is 1. The third kappa shape index (κ3) is 3.62. The fourth-order valence-electron chi connectivity index (χ4n) is 1.16. The molecule has 0 heterocycles. The van der Waals surface area contributed by atoms with Gasteiger partial charge in [-0.1, -0.05) is 18.5 Å². The number of rotatable bonds is 4. The van der Waals surface area contributed by atoms with E-state index in [-0.39, 0.29) is 0 Å². The number of halogens is 1. The van der Waals surface area contributed by atoms with Crippen LogP contribution in [0.4, 0.5) is 5.69 Å². The molecule has 0 aliphatic heterocycles. The van der Waals surface area contributed by atoms with Crippen molar-refractivity contribution in [3.63, 3.8) is 0 Å². The highest BCUT2D eigenvalue weighted by Gasteiger charge is 2.02. The molecule has 3 N–H and O–H groups in total. The molecule has 0 bridgehead atoms. The lowest BCUT2D eigenvalue weighted by molar-refractivity contribution is 0.415. The molecule has 0 atom stereocenters. The predicted octanol–water partition coefficient (Wildman–Crippen LogP) is 2.49. The Bertz CT molecular complexity index is 379. The second-order valence-corrected chi connectivity index (χ2v) is 3.65.